The Kier molecular flexibility index (Phi) is 6.09. The zero-order valence-corrected chi connectivity index (χ0v) is 16.3. The van der Waals surface area contributed by atoms with Gasteiger partial charge in [0.05, 0.1) is 26.0 Å². The maximum atomic E-state index is 12.5. The van der Waals surface area contributed by atoms with Crippen molar-refractivity contribution in [2.75, 3.05) is 19.1 Å². The van der Waals surface area contributed by atoms with Crippen LogP contribution < -0.4 is 9.64 Å². The van der Waals surface area contributed by atoms with Gasteiger partial charge in [-0.3, -0.25) is 4.98 Å². The molecule has 1 aliphatic rings. The van der Waals surface area contributed by atoms with Crippen LogP contribution in [-0.2, 0) is 19.1 Å². The van der Waals surface area contributed by atoms with Crippen LogP contribution in [0.5, 0.6) is 11.5 Å². The van der Waals surface area contributed by atoms with Crippen molar-refractivity contribution in [2.24, 2.45) is 0 Å². The highest BCUT2D eigenvalue weighted by atomic mass is 16.5. The number of rotatable bonds is 5. The summed E-state index contributed by atoms with van der Waals surface area (Å²) < 4.78 is 15.6. The van der Waals surface area contributed by atoms with Crippen LogP contribution in [0, 0.1) is 6.92 Å². The monoisotopic (exact) mass is 392 g/mol. The predicted molar refractivity (Wildman–Crippen MR) is 107 cm³/mol. The molecule has 148 valence electrons. The molecule has 0 saturated carbocycles. The molecule has 7 nitrogen and oxygen atoms in total. The minimum Gasteiger partial charge on any atom is -0.465 e. The largest absolute Gasteiger partial charge is 0.465 e. The molecule has 0 bridgehead atoms. The molecular formula is C22H20N2O5. The Hall–Kier alpha value is -3.87. The van der Waals surface area contributed by atoms with E-state index in [0.717, 1.165) is 5.56 Å². The number of hydrogen-bond donors (Lipinski definition) is 0. The van der Waals surface area contributed by atoms with Crippen LogP contribution in [0.1, 0.15) is 5.56 Å². The van der Waals surface area contributed by atoms with E-state index in [9.17, 15) is 9.59 Å². The minimum atomic E-state index is -0.657. The highest BCUT2D eigenvalue weighted by Gasteiger charge is 2.27. The van der Waals surface area contributed by atoms with Gasteiger partial charge >= 0.3 is 11.9 Å². The molecule has 0 fully saturated rings. The van der Waals surface area contributed by atoms with E-state index >= 15 is 0 Å². The summed E-state index contributed by atoms with van der Waals surface area (Å²) in [5.74, 6) is -0.0284. The molecule has 29 heavy (non-hydrogen) atoms. The first-order valence-electron chi connectivity index (χ1n) is 8.78. The maximum absolute atomic E-state index is 12.5. The molecule has 0 amide bonds. The lowest BCUT2D eigenvalue weighted by molar-refractivity contribution is -0.139. The van der Waals surface area contributed by atoms with E-state index in [0.29, 0.717) is 17.2 Å². The normalized spacial score (nSPS) is 13.1. The summed E-state index contributed by atoms with van der Waals surface area (Å²) in [6.07, 6.45) is 9.85. The topological polar surface area (TPSA) is 78.0 Å². The van der Waals surface area contributed by atoms with Gasteiger partial charge in [0.15, 0.2) is 0 Å². The number of benzene rings is 1. The number of allylic oxidation sites excluding steroid dienone is 2. The first kappa shape index (κ1) is 19.9. The van der Waals surface area contributed by atoms with Crippen molar-refractivity contribution in [3.63, 3.8) is 0 Å². The van der Waals surface area contributed by atoms with Crippen molar-refractivity contribution in [3.05, 3.63) is 84.0 Å². The molecule has 0 aliphatic carbocycles. The molecule has 7 heteroatoms. The van der Waals surface area contributed by atoms with E-state index in [-0.39, 0.29) is 11.3 Å². The third-order valence-corrected chi connectivity index (χ3v) is 4.19. The first-order valence-corrected chi connectivity index (χ1v) is 8.78. The van der Waals surface area contributed by atoms with Crippen LogP contribution in [0.25, 0.3) is 0 Å². The Morgan fingerprint density at radius 3 is 2.48 bits per heavy atom. The Bertz CT molecular complexity index is 1010. The second-order valence-corrected chi connectivity index (χ2v) is 6.06. The van der Waals surface area contributed by atoms with Crippen molar-refractivity contribution in [2.45, 2.75) is 6.92 Å². The van der Waals surface area contributed by atoms with E-state index in [1.165, 1.54) is 20.3 Å². The maximum Gasteiger partial charge on any atom is 0.355 e. The molecule has 0 atom stereocenters. The molecule has 1 aromatic carbocycles. The van der Waals surface area contributed by atoms with Crippen LogP contribution in [0.2, 0.25) is 0 Å². The van der Waals surface area contributed by atoms with Crippen molar-refractivity contribution in [1.82, 2.24) is 4.98 Å². The molecule has 1 aliphatic heterocycles. The average Bonchev–Trinajstić information content (AvgIpc) is 2.98. The van der Waals surface area contributed by atoms with Crippen LogP contribution in [0.4, 0.5) is 5.69 Å². The van der Waals surface area contributed by atoms with Gasteiger partial charge in [-0.25, -0.2) is 9.59 Å². The number of carbonyl (C=O) groups is 2. The summed E-state index contributed by atoms with van der Waals surface area (Å²) in [5.41, 5.74) is 1.64. The second kappa shape index (κ2) is 8.88. The fourth-order valence-electron chi connectivity index (χ4n) is 2.80. The van der Waals surface area contributed by atoms with Crippen molar-refractivity contribution < 1.29 is 23.8 Å². The summed E-state index contributed by atoms with van der Waals surface area (Å²) in [5, 5.41) is 0. The zero-order chi connectivity index (χ0) is 20.8. The summed E-state index contributed by atoms with van der Waals surface area (Å²) in [6, 6.07) is 9.02. The highest BCUT2D eigenvalue weighted by molar-refractivity contribution is 6.05. The average molecular weight is 392 g/mol. The van der Waals surface area contributed by atoms with E-state index in [1.54, 1.807) is 53.8 Å². The van der Waals surface area contributed by atoms with E-state index < -0.39 is 11.9 Å². The third-order valence-electron chi connectivity index (χ3n) is 4.19. The van der Waals surface area contributed by atoms with Crippen LogP contribution in [0.15, 0.2) is 78.4 Å². The first-order chi connectivity index (χ1) is 14.0. The summed E-state index contributed by atoms with van der Waals surface area (Å²) in [6.45, 7) is 1.89. The number of anilines is 1. The van der Waals surface area contributed by atoms with Gasteiger partial charge in [0.1, 0.15) is 17.2 Å². The van der Waals surface area contributed by atoms with Gasteiger partial charge in [-0.1, -0.05) is 6.08 Å². The zero-order valence-electron chi connectivity index (χ0n) is 16.3. The smallest absolute Gasteiger partial charge is 0.355 e. The van der Waals surface area contributed by atoms with Crippen molar-refractivity contribution in [3.8, 4) is 11.5 Å². The number of esters is 2. The predicted octanol–water partition coefficient (Wildman–Crippen LogP) is 3.67. The summed E-state index contributed by atoms with van der Waals surface area (Å²) in [7, 11) is 2.52. The lowest BCUT2D eigenvalue weighted by Gasteiger charge is -2.24. The van der Waals surface area contributed by atoms with Crippen LogP contribution in [0.3, 0.4) is 0 Å². The summed E-state index contributed by atoms with van der Waals surface area (Å²) >= 11 is 0. The minimum absolute atomic E-state index is 0.0599. The lowest BCUT2D eigenvalue weighted by Crippen LogP contribution is -2.27. The van der Waals surface area contributed by atoms with Crippen molar-refractivity contribution in [1.29, 1.82) is 0 Å². The molecule has 0 saturated heterocycles. The van der Waals surface area contributed by atoms with Gasteiger partial charge < -0.3 is 19.1 Å². The van der Waals surface area contributed by atoms with Crippen LogP contribution in [-0.4, -0.2) is 31.1 Å². The number of pyridine rings is 1. The molecule has 0 radical (unpaired) electrons. The van der Waals surface area contributed by atoms with E-state index in [4.69, 9.17) is 14.2 Å². The van der Waals surface area contributed by atoms with Gasteiger partial charge in [0, 0.05) is 18.1 Å². The number of methoxy groups -OCH3 is 2. The summed E-state index contributed by atoms with van der Waals surface area (Å²) in [4.78, 5) is 30.3. The van der Waals surface area contributed by atoms with Crippen LogP contribution >= 0.6 is 0 Å². The SMILES string of the molecule is COC(=O)C1=C(C(=O)OC)N(c2ccc(Oc3cccnc3)c(C)c2)C=CC=C1. The number of hydrogen-bond acceptors (Lipinski definition) is 7. The van der Waals surface area contributed by atoms with E-state index in [1.807, 2.05) is 19.1 Å². The van der Waals surface area contributed by atoms with Gasteiger partial charge in [-0.05, 0) is 55.0 Å². The fourth-order valence-corrected chi connectivity index (χ4v) is 2.80. The molecule has 3 rings (SSSR count). The number of nitrogens with zero attached hydrogens (tertiary/aromatic N) is 2. The van der Waals surface area contributed by atoms with Crippen molar-refractivity contribution >= 4 is 17.6 Å². The lowest BCUT2D eigenvalue weighted by atomic mass is 10.1. The molecule has 2 aromatic rings. The Morgan fingerprint density at radius 1 is 1.03 bits per heavy atom. The number of aryl methyl sites for hydroxylation is 1. The Balaban J connectivity index is 2.02. The van der Waals surface area contributed by atoms with Gasteiger partial charge in [-0.15, -0.1) is 0 Å². The Labute approximate surface area is 168 Å². The van der Waals surface area contributed by atoms with Gasteiger partial charge in [0.25, 0.3) is 0 Å². The third kappa shape index (κ3) is 4.35. The number of carbonyl (C=O) groups excluding carboxylic acids is 2. The molecule has 2 heterocycles. The molecular weight excluding hydrogens is 372 g/mol. The fraction of sp³-hybridized carbons (Fsp3) is 0.136. The number of aromatic nitrogens is 1. The quantitative estimate of drug-likeness (QED) is 0.719. The Morgan fingerprint density at radius 2 is 1.83 bits per heavy atom. The molecule has 0 N–H and O–H groups in total. The standard InChI is InChI=1S/C22H20N2O5/c1-15-13-16(9-10-19(15)29-17-7-6-11-23-14-17)24-12-5-4-8-18(21(25)27-2)20(24)22(26)28-3/h4-14H,1-3H3. The van der Waals surface area contributed by atoms with E-state index in [2.05, 4.69) is 4.98 Å². The van der Waals surface area contributed by atoms with Gasteiger partial charge in [0.2, 0.25) is 0 Å². The molecule has 0 spiro atoms. The van der Waals surface area contributed by atoms with Gasteiger partial charge in [-0.2, -0.15) is 0 Å². The second-order valence-electron chi connectivity index (χ2n) is 6.06. The number of ether oxygens (including phenoxy) is 3. The molecule has 0 unspecified atom stereocenters. The molecule has 1 aromatic heterocycles. The highest BCUT2D eigenvalue weighted by Crippen LogP contribution is 2.32.